The molecule has 0 aromatic heterocycles. The minimum atomic E-state index is -0.372. The van der Waals surface area contributed by atoms with E-state index in [9.17, 15) is 14.4 Å². The summed E-state index contributed by atoms with van der Waals surface area (Å²) in [5, 5.41) is 2.93. The van der Waals surface area contributed by atoms with Gasteiger partial charge in [0.05, 0.1) is 0 Å². The Hall–Kier alpha value is -1.79. The number of carbonyl (C=O) groups excluding carboxylic acids is 3. The summed E-state index contributed by atoms with van der Waals surface area (Å²) in [4.78, 5) is 42.7. The molecule has 0 aromatic rings. The molecule has 0 bridgehead atoms. The minimum absolute atomic E-state index is 0.0539. The van der Waals surface area contributed by atoms with Crippen LogP contribution in [0.4, 0.5) is 4.79 Å². The van der Waals surface area contributed by atoms with Crippen molar-refractivity contribution >= 4 is 17.8 Å². The van der Waals surface area contributed by atoms with E-state index in [1.54, 1.807) is 16.8 Å². The smallest absolute Gasteiger partial charge is 0.317 e. The van der Waals surface area contributed by atoms with Crippen LogP contribution < -0.4 is 5.32 Å². The second kappa shape index (κ2) is 7.62. The van der Waals surface area contributed by atoms with E-state index in [0.29, 0.717) is 51.5 Å². The van der Waals surface area contributed by atoms with Crippen LogP contribution in [0.2, 0.25) is 0 Å². The van der Waals surface area contributed by atoms with Gasteiger partial charge in [-0.25, -0.2) is 4.79 Å². The molecule has 2 heterocycles. The molecule has 2 aliphatic rings. The van der Waals surface area contributed by atoms with Crippen molar-refractivity contribution in [3.8, 4) is 0 Å². The topological polar surface area (TPSA) is 73.0 Å². The zero-order chi connectivity index (χ0) is 18.8. The maximum Gasteiger partial charge on any atom is 0.317 e. The molecule has 0 unspecified atom stereocenters. The highest BCUT2D eigenvalue weighted by atomic mass is 16.2. The number of amides is 4. The van der Waals surface area contributed by atoms with E-state index in [1.165, 1.54) is 0 Å². The Kier molecular flexibility index (Phi) is 5.95. The van der Waals surface area contributed by atoms with Crippen LogP contribution in [-0.2, 0) is 9.59 Å². The molecule has 0 saturated carbocycles. The van der Waals surface area contributed by atoms with E-state index in [4.69, 9.17) is 0 Å². The van der Waals surface area contributed by atoms with E-state index in [1.807, 2.05) is 32.6 Å². The van der Waals surface area contributed by atoms with Crippen molar-refractivity contribution in [1.29, 1.82) is 0 Å². The van der Waals surface area contributed by atoms with Crippen LogP contribution in [-0.4, -0.2) is 78.4 Å². The lowest BCUT2D eigenvalue weighted by Crippen LogP contribution is -2.49. The lowest BCUT2D eigenvalue weighted by atomic mass is 9.85. The third kappa shape index (κ3) is 4.86. The molecule has 7 heteroatoms. The third-order valence-electron chi connectivity index (χ3n) is 4.85. The second-order valence-electron chi connectivity index (χ2n) is 8.37. The Balaban J connectivity index is 2.21. The quantitative estimate of drug-likeness (QED) is 0.828. The standard InChI is InChI=1S/C18H32N4O3/c1-13(2)8-15(23)21-6-7-22(17(25)19-14(3)4)12-18(11-21)9-16(24)20(5)10-18/h13-14H,6-12H2,1-5H3,(H,19,25)/t18-/m0/s1. The molecule has 25 heavy (non-hydrogen) atoms. The summed E-state index contributed by atoms with van der Waals surface area (Å²) in [6.07, 6.45) is 0.887. The van der Waals surface area contributed by atoms with Crippen molar-refractivity contribution in [3.05, 3.63) is 0 Å². The van der Waals surface area contributed by atoms with Gasteiger partial charge in [0.1, 0.15) is 0 Å². The number of urea groups is 1. The van der Waals surface area contributed by atoms with Gasteiger partial charge >= 0.3 is 6.03 Å². The summed E-state index contributed by atoms with van der Waals surface area (Å²) in [6, 6.07) is -0.0622. The molecule has 1 spiro atoms. The molecule has 142 valence electrons. The number of hydrogen-bond acceptors (Lipinski definition) is 3. The van der Waals surface area contributed by atoms with Gasteiger partial charge in [0.2, 0.25) is 11.8 Å². The molecule has 2 saturated heterocycles. The van der Waals surface area contributed by atoms with Crippen molar-refractivity contribution in [2.75, 3.05) is 39.8 Å². The molecule has 0 radical (unpaired) electrons. The van der Waals surface area contributed by atoms with Gasteiger partial charge in [0.25, 0.3) is 0 Å². The highest BCUT2D eigenvalue weighted by Crippen LogP contribution is 2.34. The SMILES string of the molecule is CC(C)CC(=O)N1CCN(C(=O)NC(C)C)C[C@]2(CC(=O)N(C)C2)C1. The van der Waals surface area contributed by atoms with E-state index < -0.39 is 0 Å². The first-order valence-electron chi connectivity index (χ1n) is 9.19. The van der Waals surface area contributed by atoms with Crippen molar-refractivity contribution in [1.82, 2.24) is 20.0 Å². The molecule has 0 aliphatic carbocycles. The molecule has 1 atom stereocenters. The van der Waals surface area contributed by atoms with Gasteiger partial charge in [-0.2, -0.15) is 0 Å². The van der Waals surface area contributed by atoms with Gasteiger partial charge in [-0.3, -0.25) is 9.59 Å². The van der Waals surface area contributed by atoms with Crippen LogP contribution in [0, 0.1) is 11.3 Å². The summed E-state index contributed by atoms with van der Waals surface area (Å²) in [5.41, 5.74) is -0.372. The Morgan fingerprint density at radius 1 is 1.08 bits per heavy atom. The number of nitrogens with zero attached hydrogens (tertiary/aromatic N) is 3. The number of likely N-dealkylation sites (tertiary alicyclic amines) is 1. The Morgan fingerprint density at radius 2 is 1.68 bits per heavy atom. The largest absolute Gasteiger partial charge is 0.345 e. The minimum Gasteiger partial charge on any atom is -0.345 e. The highest BCUT2D eigenvalue weighted by molar-refractivity contribution is 5.81. The van der Waals surface area contributed by atoms with E-state index in [-0.39, 0.29) is 29.3 Å². The monoisotopic (exact) mass is 352 g/mol. The average Bonchev–Trinajstić information content (AvgIpc) is 2.65. The summed E-state index contributed by atoms with van der Waals surface area (Å²) < 4.78 is 0. The molecule has 1 N–H and O–H groups in total. The number of carbonyl (C=O) groups is 3. The van der Waals surface area contributed by atoms with E-state index in [2.05, 4.69) is 5.32 Å². The van der Waals surface area contributed by atoms with E-state index in [0.717, 1.165) is 0 Å². The summed E-state index contributed by atoms with van der Waals surface area (Å²) in [6.45, 7) is 10.6. The van der Waals surface area contributed by atoms with Gasteiger partial charge < -0.3 is 20.0 Å². The van der Waals surface area contributed by atoms with Crippen LogP contribution in [0.1, 0.15) is 40.5 Å². The van der Waals surface area contributed by atoms with Crippen LogP contribution in [0.5, 0.6) is 0 Å². The van der Waals surface area contributed by atoms with Crippen molar-refractivity contribution in [3.63, 3.8) is 0 Å². The zero-order valence-electron chi connectivity index (χ0n) is 16.2. The van der Waals surface area contributed by atoms with Crippen molar-refractivity contribution in [2.45, 2.75) is 46.6 Å². The number of hydrogen-bond donors (Lipinski definition) is 1. The summed E-state index contributed by atoms with van der Waals surface area (Å²) >= 11 is 0. The predicted octanol–water partition coefficient (Wildman–Crippen LogP) is 1.14. The van der Waals surface area contributed by atoms with Crippen LogP contribution in [0.3, 0.4) is 0 Å². The van der Waals surface area contributed by atoms with Crippen molar-refractivity contribution in [2.24, 2.45) is 11.3 Å². The first-order valence-corrected chi connectivity index (χ1v) is 9.19. The molecular weight excluding hydrogens is 320 g/mol. The Morgan fingerprint density at radius 3 is 2.20 bits per heavy atom. The third-order valence-corrected chi connectivity index (χ3v) is 4.85. The molecule has 4 amide bonds. The van der Waals surface area contributed by atoms with E-state index >= 15 is 0 Å². The maximum absolute atomic E-state index is 12.6. The summed E-state index contributed by atoms with van der Waals surface area (Å²) in [7, 11) is 1.79. The highest BCUT2D eigenvalue weighted by Gasteiger charge is 2.47. The maximum atomic E-state index is 12.6. The van der Waals surface area contributed by atoms with Crippen molar-refractivity contribution < 1.29 is 14.4 Å². The molecular formula is C18H32N4O3. The van der Waals surface area contributed by atoms with Gasteiger partial charge in [-0.1, -0.05) is 13.8 Å². The Bertz CT molecular complexity index is 500. The predicted molar refractivity (Wildman–Crippen MR) is 96.0 cm³/mol. The van der Waals surface area contributed by atoms with Gasteiger partial charge in [0.15, 0.2) is 0 Å². The number of rotatable bonds is 3. The fourth-order valence-electron chi connectivity index (χ4n) is 3.78. The normalized spacial score (nSPS) is 24.4. The molecule has 2 aliphatic heterocycles. The Labute approximate surface area is 150 Å². The average molecular weight is 352 g/mol. The fourth-order valence-corrected chi connectivity index (χ4v) is 3.78. The lowest BCUT2D eigenvalue weighted by molar-refractivity contribution is -0.133. The molecule has 0 aromatic carbocycles. The van der Waals surface area contributed by atoms with Crippen LogP contribution in [0.25, 0.3) is 0 Å². The van der Waals surface area contributed by atoms with Crippen LogP contribution >= 0.6 is 0 Å². The first kappa shape index (κ1) is 19.5. The lowest BCUT2D eigenvalue weighted by Gasteiger charge is -2.33. The molecule has 2 fully saturated rings. The first-order chi connectivity index (χ1) is 11.6. The van der Waals surface area contributed by atoms with Gasteiger partial charge in [-0.05, 0) is 19.8 Å². The van der Waals surface area contributed by atoms with Gasteiger partial charge in [-0.15, -0.1) is 0 Å². The summed E-state index contributed by atoms with van der Waals surface area (Å²) in [5.74, 6) is 0.491. The second-order valence-corrected chi connectivity index (χ2v) is 8.37. The molecule has 2 rings (SSSR count). The zero-order valence-corrected chi connectivity index (χ0v) is 16.2. The van der Waals surface area contributed by atoms with Gasteiger partial charge in [0, 0.05) is 64.1 Å². The number of nitrogens with one attached hydrogen (secondary N) is 1. The fraction of sp³-hybridized carbons (Fsp3) is 0.833. The molecule has 7 nitrogen and oxygen atoms in total. The van der Waals surface area contributed by atoms with Crippen LogP contribution in [0.15, 0.2) is 0 Å².